The summed E-state index contributed by atoms with van der Waals surface area (Å²) < 4.78 is 0. The average Bonchev–Trinajstić information content (AvgIpc) is 3.66. The Morgan fingerprint density at radius 1 is 0.721 bits per heavy atom. The SMILES string of the molecule is C=C(/C=C/c1ccc2c(c1)C(C)(C)c1cc(C(CN/C=C\CC)C(CC)CC)ccc1-2)/C=C1\Cc2ccc(N(c3ccccc3)c3ccccc3)cc2C1(C)C.C=CC.CC. The molecule has 0 saturated carbocycles. The zero-order valence-corrected chi connectivity index (χ0v) is 39.0. The number of allylic oxidation sites excluding steroid dienone is 6. The Morgan fingerprint density at radius 2 is 1.31 bits per heavy atom. The largest absolute Gasteiger partial charge is 0.391 e. The highest BCUT2D eigenvalue weighted by atomic mass is 15.1. The zero-order valence-electron chi connectivity index (χ0n) is 39.0. The Kier molecular flexibility index (Phi) is 16.2. The number of nitrogens with one attached hydrogen (secondary N) is 1. The Morgan fingerprint density at radius 3 is 1.90 bits per heavy atom. The lowest BCUT2D eigenvalue weighted by Crippen LogP contribution is -2.24. The smallest absolute Gasteiger partial charge is 0.0464 e. The minimum atomic E-state index is -0.112. The van der Waals surface area contributed by atoms with Gasteiger partial charge in [0.2, 0.25) is 0 Å². The molecule has 0 saturated heterocycles. The third-order valence-electron chi connectivity index (χ3n) is 12.7. The molecular formula is C59H72N2. The van der Waals surface area contributed by atoms with E-state index in [1.54, 1.807) is 6.08 Å². The van der Waals surface area contributed by atoms with Crippen molar-refractivity contribution in [3.05, 3.63) is 203 Å². The van der Waals surface area contributed by atoms with Gasteiger partial charge in [0.05, 0.1) is 0 Å². The number of nitrogens with zero attached hydrogens (tertiary/aromatic N) is 1. The second kappa shape index (κ2) is 21.3. The van der Waals surface area contributed by atoms with Crippen molar-refractivity contribution in [3.8, 4) is 11.1 Å². The number of benzene rings is 5. The van der Waals surface area contributed by atoms with Crippen molar-refractivity contribution >= 4 is 23.1 Å². The standard InChI is InChI=1S/C54H60N2.C3H6.C2H6/c1-9-12-31-55-37-49(40(10-2)11-3)41-27-30-48-47-29-25-39(33-51(47)54(7,8)52(48)35-41)24-23-38(4)32-43-34-42-26-28-46(36-50(42)53(43,5)6)56(44-19-15-13-16-20-44)45-21-17-14-18-22-45;1-3-2;1-2/h12-33,35-36,40,49,55H,4,9-11,34,37H2,1-3,5-8H3;3H,1H2,2H3;1-2H3/b24-23+,31-12-,43-32+;;. The summed E-state index contributed by atoms with van der Waals surface area (Å²) in [5, 5.41) is 3.62. The van der Waals surface area contributed by atoms with Gasteiger partial charge in [0, 0.05) is 40.4 Å². The quantitative estimate of drug-likeness (QED) is 0.0888. The van der Waals surface area contributed by atoms with E-state index < -0.39 is 0 Å². The zero-order chi connectivity index (χ0) is 44.2. The highest BCUT2D eigenvalue weighted by molar-refractivity contribution is 5.82. The first-order chi connectivity index (χ1) is 29.5. The molecule has 5 aromatic rings. The molecule has 2 aliphatic rings. The highest BCUT2D eigenvalue weighted by Gasteiger charge is 2.37. The Hall–Kier alpha value is -5.60. The van der Waals surface area contributed by atoms with Crippen LogP contribution in [0.4, 0.5) is 17.1 Å². The van der Waals surface area contributed by atoms with Gasteiger partial charge in [-0.15, -0.1) is 6.58 Å². The summed E-state index contributed by atoms with van der Waals surface area (Å²) in [4.78, 5) is 2.35. The van der Waals surface area contributed by atoms with Crippen LogP contribution in [0.3, 0.4) is 0 Å². The van der Waals surface area contributed by atoms with Gasteiger partial charge < -0.3 is 10.2 Å². The van der Waals surface area contributed by atoms with Gasteiger partial charge in [-0.25, -0.2) is 0 Å². The predicted molar refractivity (Wildman–Crippen MR) is 270 cm³/mol. The van der Waals surface area contributed by atoms with Crippen molar-refractivity contribution in [2.24, 2.45) is 5.92 Å². The van der Waals surface area contributed by atoms with Crippen molar-refractivity contribution in [2.75, 3.05) is 11.4 Å². The maximum absolute atomic E-state index is 4.53. The fraction of sp³-hybridized carbons (Fsp3) is 0.322. The summed E-state index contributed by atoms with van der Waals surface area (Å²) in [7, 11) is 0. The van der Waals surface area contributed by atoms with E-state index in [0.717, 1.165) is 36.3 Å². The fourth-order valence-corrected chi connectivity index (χ4v) is 9.26. The van der Waals surface area contributed by atoms with Gasteiger partial charge in [0.15, 0.2) is 0 Å². The lowest BCUT2D eigenvalue weighted by Gasteiger charge is -2.28. The van der Waals surface area contributed by atoms with Gasteiger partial charge in [-0.05, 0) is 118 Å². The lowest BCUT2D eigenvalue weighted by atomic mass is 9.78. The second-order valence-electron chi connectivity index (χ2n) is 17.3. The molecule has 1 N–H and O–H groups in total. The molecule has 5 aromatic carbocycles. The molecular weight excluding hydrogens is 737 g/mol. The topological polar surface area (TPSA) is 15.3 Å². The molecule has 0 fully saturated rings. The molecule has 2 nitrogen and oxygen atoms in total. The number of anilines is 3. The van der Waals surface area contributed by atoms with E-state index in [1.165, 1.54) is 68.6 Å². The van der Waals surface area contributed by atoms with Crippen molar-refractivity contribution in [2.45, 2.75) is 112 Å². The van der Waals surface area contributed by atoms with E-state index in [4.69, 9.17) is 0 Å². The van der Waals surface area contributed by atoms with Crippen LogP contribution in [0.2, 0.25) is 0 Å². The Bertz CT molecular complexity index is 2270. The maximum atomic E-state index is 4.53. The first kappa shape index (κ1) is 46.5. The van der Waals surface area contributed by atoms with Crippen LogP contribution in [0.15, 0.2) is 170 Å². The summed E-state index contributed by atoms with van der Waals surface area (Å²) in [5.74, 6) is 1.13. The van der Waals surface area contributed by atoms with Crippen LogP contribution in [0.1, 0.15) is 128 Å². The van der Waals surface area contributed by atoms with E-state index in [1.807, 2.05) is 20.8 Å². The Balaban J connectivity index is 0.00000135. The van der Waals surface area contributed by atoms with Crippen LogP contribution >= 0.6 is 0 Å². The average molecular weight is 809 g/mol. The van der Waals surface area contributed by atoms with E-state index in [2.05, 4.69) is 218 Å². The van der Waals surface area contributed by atoms with E-state index in [-0.39, 0.29) is 10.8 Å². The van der Waals surface area contributed by atoms with Crippen molar-refractivity contribution in [1.29, 1.82) is 0 Å². The monoisotopic (exact) mass is 809 g/mol. The van der Waals surface area contributed by atoms with Crippen molar-refractivity contribution < 1.29 is 0 Å². The Labute approximate surface area is 370 Å². The van der Waals surface area contributed by atoms with Crippen LogP contribution in [-0.2, 0) is 17.3 Å². The van der Waals surface area contributed by atoms with Crippen molar-refractivity contribution in [3.63, 3.8) is 0 Å². The molecule has 2 heteroatoms. The van der Waals surface area contributed by atoms with Gasteiger partial charge in [-0.1, -0.05) is 197 Å². The molecule has 0 aromatic heterocycles. The summed E-state index contributed by atoms with van der Waals surface area (Å²) in [5.41, 5.74) is 16.8. The molecule has 0 heterocycles. The first-order valence-electron chi connectivity index (χ1n) is 22.8. The van der Waals surface area contributed by atoms with Crippen LogP contribution in [0, 0.1) is 5.92 Å². The third kappa shape index (κ3) is 10.3. The number of hydrogen-bond donors (Lipinski definition) is 1. The third-order valence-corrected chi connectivity index (χ3v) is 12.7. The second-order valence-corrected chi connectivity index (χ2v) is 17.3. The van der Waals surface area contributed by atoms with Crippen molar-refractivity contribution in [1.82, 2.24) is 5.32 Å². The highest BCUT2D eigenvalue weighted by Crippen LogP contribution is 2.50. The van der Waals surface area contributed by atoms with Crippen LogP contribution in [0.5, 0.6) is 0 Å². The molecule has 318 valence electrons. The number of fused-ring (bicyclic) bond motifs is 4. The van der Waals surface area contributed by atoms with Crippen LogP contribution in [-0.4, -0.2) is 6.54 Å². The van der Waals surface area contributed by atoms with Crippen LogP contribution in [0.25, 0.3) is 17.2 Å². The van der Waals surface area contributed by atoms with Gasteiger partial charge in [-0.2, -0.15) is 0 Å². The summed E-state index contributed by atoms with van der Waals surface area (Å²) in [6, 6.07) is 42.6. The van der Waals surface area contributed by atoms with Gasteiger partial charge in [0.1, 0.15) is 0 Å². The minimum Gasteiger partial charge on any atom is -0.391 e. The number of para-hydroxylation sites is 2. The lowest BCUT2D eigenvalue weighted by molar-refractivity contribution is 0.390. The molecule has 1 unspecified atom stereocenters. The normalized spacial score (nSPS) is 15.3. The molecule has 2 aliphatic carbocycles. The minimum absolute atomic E-state index is 0.0768. The molecule has 0 amide bonds. The van der Waals surface area contributed by atoms with E-state index >= 15 is 0 Å². The molecule has 61 heavy (non-hydrogen) atoms. The molecule has 0 radical (unpaired) electrons. The summed E-state index contributed by atoms with van der Waals surface area (Å²) in [6.07, 6.45) is 17.2. The molecule has 0 bridgehead atoms. The molecule has 0 spiro atoms. The molecule has 7 rings (SSSR count). The number of hydrogen-bond acceptors (Lipinski definition) is 2. The van der Waals surface area contributed by atoms with Crippen LogP contribution < -0.4 is 10.2 Å². The number of rotatable bonds is 14. The molecule has 0 aliphatic heterocycles. The van der Waals surface area contributed by atoms with Gasteiger partial charge >= 0.3 is 0 Å². The maximum Gasteiger partial charge on any atom is 0.0464 e. The van der Waals surface area contributed by atoms with E-state index in [9.17, 15) is 0 Å². The van der Waals surface area contributed by atoms with E-state index in [0.29, 0.717) is 11.8 Å². The molecule has 1 atom stereocenters. The van der Waals surface area contributed by atoms with Gasteiger partial charge in [-0.3, -0.25) is 0 Å². The predicted octanol–water partition coefficient (Wildman–Crippen LogP) is 16.7. The first-order valence-corrected chi connectivity index (χ1v) is 22.8. The summed E-state index contributed by atoms with van der Waals surface area (Å²) in [6.45, 7) is 31.1. The fourth-order valence-electron chi connectivity index (χ4n) is 9.26. The summed E-state index contributed by atoms with van der Waals surface area (Å²) >= 11 is 0. The van der Waals surface area contributed by atoms with Gasteiger partial charge in [0.25, 0.3) is 0 Å².